The molecule has 8 nitrogen and oxygen atoms in total. The van der Waals surface area contributed by atoms with Crippen LogP contribution in [0.3, 0.4) is 0 Å². The van der Waals surface area contributed by atoms with Crippen LogP contribution in [0.5, 0.6) is 11.5 Å². The molecule has 0 aromatic heterocycles. The molecule has 0 bridgehead atoms. The minimum Gasteiger partial charge on any atom is -0.495 e. The van der Waals surface area contributed by atoms with Gasteiger partial charge in [0.25, 0.3) is 5.69 Å². The van der Waals surface area contributed by atoms with Crippen LogP contribution in [0.2, 0.25) is 0 Å². The van der Waals surface area contributed by atoms with Crippen molar-refractivity contribution in [3.8, 4) is 11.5 Å². The van der Waals surface area contributed by atoms with Crippen molar-refractivity contribution in [2.24, 2.45) is 0 Å². The van der Waals surface area contributed by atoms with Crippen molar-refractivity contribution in [2.75, 3.05) is 26.1 Å². The summed E-state index contributed by atoms with van der Waals surface area (Å²) < 4.78 is 47.5. The first-order valence-electron chi connectivity index (χ1n) is 9.95. The molecule has 1 amide bonds. The molecule has 1 unspecified atom stereocenters. The maximum Gasteiger partial charge on any atom is 0.422 e. The van der Waals surface area contributed by atoms with E-state index in [9.17, 15) is 28.1 Å². The van der Waals surface area contributed by atoms with E-state index in [4.69, 9.17) is 9.47 Å². The van der Waals surface area contributed by atoms with E-state index in [0.29, 0.717) is 17.7 Å². The number of carbonyl (C=O) groups excluding carboxylic acids is 1. The van der Waals surface area contributed by atoms with Crippen LogP contribution in [-0.2, 0) is 11.3 Å². The van der Waals surface area contributed by atoms with E-state index in [1.807, 2.05) is 0 Å². The highest BCUT2D eigenvalue weighted by molar-refractivity contribution is 5.96. The summed E-state index contributed by atoms with van der Waals surface area (Å²) in [7, 11) is 3.10. The lowest BCUT2D eigenvalue weighted by Gasteiger charge is -2.25. The smallest absolute Gasteiger partial charge is 0.422 e. The maximum absolute atomic E-state index is 12.8. The van der Waals surface area contributed by atoms with Crippen LogP contribution >= 0.6 is 0 Å². The second kappa shape index (κ2) is 10.5. The third-order valence-corrected chi connectivity index (χ3v) is 5.02. The van der Waals surface area contributed by atoms with Crippen LogP contribution < -0.4 is 14.8 Å². The lowest BCUT2D eigenvalue weighted by molar-refractivity contribution is -0.384. The van der Waals surface area contributed by atoms with E-state index in [0.717, 1.165) is 5.56 Å². The second-order valence-electron chi connectivity index (χ2n) is 7.68. The zero-order chi connectivity index (χ0) is 24.9. The van der Waals surface area contributed by atoms with Crippen molar-refractivity contribution < 1.29 is 32.4 Å². The van der Waals surface area contributed by atoms with Gasteiger partial charge in [0.2, 0.25) is 5.91 Å². The number of carbonyl (C=O) groups is 1. The number of hydrogen-bond acceptors (Lipinski definition) is 6. The van der Waals surface area contributed by atoms with Crippen molar-refractivity contribution in [3.05, 3.63) is 57.1 Å². The van der Waals surface area contributed by atoms with E-state index < -0.39 is 29.7 Å². The van der Waals surface area contributed by atoms with Gasteiger partial charge in [0.15, 0.2) is 6.61 Å². The van der Waals surface area contributed by atoms with Crippen molar-refractivity contribution >= 4 is 17.3 Å². The van der Waals surface area contributed by atoms with Crippen LogP contribution in [0.4, 0.5) is 24.5 Å². The molecule has 0 radical (unpaired) electrons. The highest BCUT2D eigenvalue weighted by atomic mass is 19.4. The minimum atomic E-state index is -4.43. The average molecular weight is 469 g/mol. The number of nitro groups is 1. The monoisotopic (exact) mass is 469 g/mol. The van der Waals surface area contributed by atoms with Crippen molar-refractivity contribution in [3.63, 3.8) is 0 Å². The number of halogens is 3. The van der Waals surface area contributed by atoms with Gasteiger partial charge < -0.3 is 14.8 Å². The van der Waals surface area contributed by atoms with Crippen molar-refractivity contribution in [1.29, 1.82) is 0 Å². The fourth-order valence-electron chi connectivity index (χ4n) is 3.28. The normalized spacial score (nSPS) is 12.4. The number of methoxy groups -OCH3 is 1. The maximum atomic E-state index is 12.8. The standard InChI is InChI=1S/C22H26F3N3O5/c1-13-8-16(9-14(2)20(13)33-12-22(23,24)25)11-27(4)15(3)21(29)26-18-10-17(28(30)31)6-7-19(18)32-5/h6-10,15H,11-12H2,1-5H3,(H,26,29). The van der Waals surface area contributed by atoms with Crippen LogP contribution in [0, 0.1) is 24.0 Å². The summed E-state index contributed by atoms with van der Waals surface area (Å²) in [5, 5.41) is 13.7. The van der Waals surface area contributed by atoms with Crippen molar-refractivity contribution in [1.82, 2.24) is 4.90 Å². The number of nitrogens with zero attached hydrogens (tertiary/aromatic N) is 2. The summed E-state index contributed by atoms with van der Waals surface area (Å²) in [4.78, 5) is 25.0. The fourth-order valence-corrected chi connectivity index (χ4v) is 3.28. The van der Waals surface area contributed by atoms with Crippen LogP contribution in [0.15, 0.2) is 30.3 Å². The van der Waals surface area contributed by atoms with Crippen LogP contribution in [0.25, 0.3) is 0 Å². The van der Waals surface area contributed by atoms with Gasteiger partial charge in [-0.15, -0.1) is 0 Å². The first-order chi connectivity index (χ1) is 15.3. The summed E-state index contributed by atoms with van der Waals surface area (Å²) in [5.41, 5.74) is 1.89. The lowest BCUT2D eigenvalue weighted by Crippen LogP contribution is -2.39. The quantitative estimate of drug-likeness (QED) is 0.426. The SMILES string of the molecule is COc1ccc([N+](=O)[O-])cc1NC(=O)C(C)N(C)Cc1cc(C)c(OCC(F)(F)F)c(C)c1. The third kappa shape index (κ3) is 7.07. The largest absolute Gasteiger partial charge is 0.495 e. The van der Waals surface area contributed by atoms with Gasteiger partial charge >= 0.3 is 6.18 Å². The third-order valence-electron chi connectivity index (χ3n) is 5.02. The Balaban J connectivity index is 2.11. The summed E-state index contributed by atoms with van der Waals surface area (Å²) >= 11 is 0. The molecular weight excluding hydrogens is 443 g/mol. The zero-order valence-electron chi connectivity index (χ0n) is 18.9. The van der Waals surface area contributed by atoms with Gasteiger partial charge in [0, 0.05) is 18.7 Å². The van der Waals surface area contributed by atoms with E-state index in [-0.39, 0.29) is 22.9 Å². The van der Waals surface area contributed by atoms with Gasteiger partial charge in [-0.25, -0.2) is 0 Å². The number of non-ortho nitro benzene ring substituents is 1. The molecule has 180 valence electrons. The van der Waals surface area contributed by atoms with Crippen molar-refractivity contribution in [2.45, 2.75) is 39.5 Å². The molecule has 0 aliphatic heterocycles. The number of aryl methyl sites for hydroxylation is 2. The van der Waals surface area contributed by atoms with Gasteiger partial charge in [0.1, 0.15) is 11.5 Å². The number of amides is 1. The van der Waals surface area contributed by atoms with Crippen LogP contribution in [-0.4, -0.2) is 48.7 Å². The molecule has 0 aliphatic rings. The number of likely N-dealkylation sites (N-methyl/N-ethyl adjacent to an activating group) is 1. The van der Waals surface area contributed by atoms with Gasteiger partial charge in [-0.05, 0) is 50.6 Å². The Morgan fingerprint density at radius 2 is 1.82 bits per heavy atom. The second-order valence-corrected chi connectivity index (χ2v) is 7.68. The predicted octanol–water partition coefficient (Wildman–Crippen LogP) is 4.62. The number of rotatable bonds is 9. The van der Waals surface area contributed by atoms with E-state index >= 15 is 0 Å². The molecule has 0 saturated heterocycles. The molecular formula is C22H26F3N3O5. The Morgan fingerprint density at radius 1 is 1.21 bits per heavy atom. The Morgan fingerprint density at radius 3 is 2.33 bits per heavy atom. The number of hydrogen-bond donors (Lipinski definition) is 1. The number of ether oxygens (including phenoxy) is 2. The Labute approximate surface area is 189 Å². The molecule has 33 heavy (non-hydrogen) atoms. The summed E-state index contributed by atoms with van der Waals surface area (Å²) in [6.45, 7) is 3.95. The Hall–Kier alpha value is -3.34. The molecule has 11 heteroatoms. The first kappa shape index (κ1) is 25.9. The number of alkyl halides is 3. The van der Waals surface area contributed by atoms with Gasteiger partial charge in [0.05, 0.1) is 23.8 Å². The van der Waals surface area contributed by atoms with Gasteiger partial charge in [-0.3, -0.25) is 19.8 Å². The number of nitro benzene ring substituents is 1. The number of nitrogens with one attached hydrogen (secondary N) is 1. The average Bonchev–Trinajstić information content (AvgIpc) is 2.71. The minimum absolute atomic E-state index is 0.176. The van der Waals surface area contributed by atoms with Crippen LogP contribution in [0.1, 0.15) is 23.6 Å². The Bertz CT molecular complexity index is 1000. The summed E-state index contributed by atoms with van der Waals surface area (Å²) in [6.07, 6.45) is -4.43. The highest BCUT2D eigenvalue weighted by Gasteiger charge is 2.29. The highest BCUT2D eigenvalue weighted by Crippen LogP contribution is 2.30. The molecule has 0 heterocycles. The molecule has 0 fully saturated rings. The first-order valence-corrected chi connectivity index (χ1v) is 9.95. The molecule has 0 aliphatic carbocycles. The molecule has 0 spiro atoms. The summed E-state index contributed by atoms with van der Waals surface area (Å²) in [5.74, 6) is 0.0571. The molecule has 2 aromatic rings. The molecule has 2 aromatic carbocycles. The number of anilines is 1. The topological polar surface area (TPSA) is 93.9 Å². The van der Waals surface area contributed by atoms with E-state index in [1.54, 1.807) is 44.9 Å². The predicted molar refractivity (Wildman–Crippen MR) is 117 cm³/mol. The van der Waals surface area contributed by atoms with Gasteiger partial charge in [-0.2, -0.15) is 13.2 Å². The van der Waals surface area contributed by atoms with Gasteiger partial charge in [-0.1, -0.05) is 12.1 Å². The molecule has 0 saturated carbocycles. The molecule has 2 rings (SSSR count). The molecule has 1 atom stereocenters. The van der Waals surface area contributed by atoms with E-state index in [1.165, 1.54) is 25.3 Å². The fraction of sp³-hybridized carbons (Fsp3) is 0.409. The van der Waals surface area contributed by atoms with E-state index in [2.05, 4.69) is 5.32 Å². The molecule has 1 N–H and O–H groups in total. The lowest BCUT2D eigenvalue weighted by atomic mass is 10.0. The number of benzene rings is 2. The zero-order valence-corrected chi connectivity index (χ0v) is 18.9. The summed E-state index contributed by atoms with van der Waals surface area (Å²) in [6, 6.07) is 6.69. The Kier molecular flexibility index (Phi) is 8.26.